The van der Waals surface area contributed by atoms with Crippen LogP contribution in [0.3, 0.4) is 0 Å². The highest BCUT2D eigenvalue weighted by molar-refractivity contribution is 5.85. The van der Waals surface area contributed by atoms with Crippen molar-refractivity contribution in [1.82, 2.24) is 4.90 Å². The van der Waals surface area contributed by atoms with Gasteiger partial charge in [-0.15, -0.1) is 0 Å². The second-order valence-electron chi connectivity index (χ2n) is 6.68. The van der Waals surface area contributed by atoms with E-state index in [4.69, 9.17) is 4.99 Å². The van der Waals surface area contributed by atoms with Crippen molar-refractivity contribution in [3.8, 4) is 0 Å². The SMILES string of the molecule is Cc1ccccc1[C@H]1CC[C@H](c2ccccc2)N1C1=NCCC1. The van der Waals surface area contributed by atoms with Gasteiger partial charge in [0.1, 0.15) is 0 Å². The van der Waals surface area contributed by atoms with E-state index in [1.54, 1.807) is 0 Å². The Labute approximate surface area is 138 Å². The van der Waals surface area contributed by atoms with Gasteiger partial charge in [-0.05, 0) is 42.9 Å². The van der Waals surface area contributed by atoms with Gasteiger partial charge in [0.25, 0.3) is 0 Å². The molecule has 2 heteroatoms. The van der Waals surface area contributed by atoms with Crippen LogP contribution in [-0.2, 0) is 0 Å². The van der Waals surface area contributed by atoms with E-state index in [1.807, 2.05) is 0 Å². The first-order valence-electron chi connectivity index (χ1n) is 8.77. The molecule has 0 saturated carbocycles. The summed E-state index contributed by atoms with van der Waals surface area (Å²) in [5, 5.41) is 0. The fourth-order valence-corrected chi connectivity index (χ4v) is 4.17. The van der Waals surface area contributed by atoms with Gasteiger partial charge in [0.15, 0.2) is 0 Å². The van der Waals surface area contributed by atoms with E-state index in [-0.39, 0.29) is 0 Å². The molecule has 0 unspecified atom stereocenters. The zero-order valence-electron chi connectivity index (χ0n) is 13.8. The summed E-state index contributed by atoms with van der Waals surface area (Å²) in [7, 11) is 0. The molecule has 2 aliphatic heterocycles. The van der Waals surface area contributed by atoms with E-state index in [0.717, 1.165) is 13.0 Å². The molecule has 4 rings (SSSR count). The third-order valence-corrected chi connectivity index (χ3v) is 5.27. The summed E-state index contributed by atoms with van der Waals surface area (Å²) >= 11 is 0. The van der Waals surface area contributed by atoms with Crippen LogP contribution in [0.5, 0.6) is 0 Å². The lowest BCUT2D eigenvalue weighted by Crippen LogP contribution is -2.32. The highest BCUT2D eigenvalue weighted by Crippen LogP contribution is 2.45. The smallest absolute Gasteiger partial charge is 0.0999 e. The molecule has 1 saturated heterocycles. The Morgan fingerprint density at radius 2 is 1.65 bits per heavy atom. The molecule has 0 radical (unpaired) electrons. The Bertz CT molecular complexity index is 705. The molecule has 23 heavy (non-hydrogen) atoms. The summed E-state index contributed by atoms with van der Waals surface area (Å²) in [6, 6.07) is 20.8. The molecule has 1 fully saturated rings. The highest BCUT2D eigenvalue weighted by Gasteiger charge is 2.38. The minimum absolute atomic E-state index is 0.470. The summed E-state index contributed by atoms with van der Waals surface area (Å²) in [6.07, 6.45) is 4.75. The maximum absolute atomic E-state index is 4.84. The Hall–Kier alpha value is -2.09. The molecule has 2 aromatic carbocycles. The topological polar surface area (TPSA) is 15.6 Å². The molecule has 2 atom stereocenters. The maximum Gasteiger partial charge on any atom is 0.0999 e. The van der Waals surface area contributed by atoms with E-state index in [1.165, 1.54) is 41.8 Å². The van der Waals surface area contributed by atoms with Crippen LogP contribution < -0.4 is 0 Å². The third-order valence-electron chi connectivity index (χ3n) is 5.27. The zero-order chi connectivity index (χ0) is 15.6. The largest absolute Gasteiger partial charge is 0.346 e. The molecule has 0 spiro atoms. The molecule has 0 aromatic heterocycles. The zero-order valence-corrected chi connectivity index (χ0v) is 13.8. The molecule has 2 aliphatic rings. The van der Waals surface area contributed by atoms with Crippen molar-refractivity contribution >= 4 is 5.84 Å². The van der Waals surface area contributed by atoms with Crippen LogP contribution in [0.15, 0.2) is 59.6 Å². The monoisotopic (exact) mass is 304 g/mol. The molecule has 2 aromatic rings. The van der Waals surface area contributed by atoms with E-state index in [2.05, 4.69) is 66.4 Å². The summed E-state index contributed by atoms with van der Waals surface area (Å²) in [6.45, 7) is 3.23. The highest BCUT2D eigenvalue weighted by atomic mass is 15.3. The number of nitrogens with zero attached hydrogens (tertiary/aromatic N) is 2. The predicted molar refractivity (Wildman–Crippen MR) is 95.7 cm³/mol. The van der Waals surface area contributed by atoms with Gasteiger partial charge in [-0.2, -0.15) is 0 Å². The quantitative estimate of drug-likeness (QED) is 0.756. The number of hydrogen-bond donors (Lipinski definition) is 0. The lowest BCUT2D eigenvalue weighted by molar-refractivity contribution is 0.317. The van der Waals surface area contributed by atoms with Crippen LogP contribution in [0.25, 0.3) is 0 Å². The predicted octanol–water partition coefficient (Wildman–Crippen LogP) is 5.07. The van der Waals surface area contributed by atoms with Crippen LogP contribution in [0.2, 0.25) is 0 Å². The Kier molecular flexibility index (Phi) is 3.90. The van der Waals surface area contributed by atoms with Gasteiger partial charge in [0.05, 0.1) is 17.9 Å². The standard InChI is InChI=1S/C21H24N2/c1-16-8-5-6-11-18(16)20-14-13-19(17-9-3-2-4-10-17)23(20)21-12-7-15-22-21/h2-6,8-11,19-20H,7,12-15H2,1H3/t19-,20-/m1/s1. The van der Waals surface area contributed by atoms with Crippen LogP contribution >= 0.6 is 0 Å². The number of hydrogen-bond acceptors (Lipinski definition) is 2. The third kappa shape index (κ3) is 2.67. The summed E-state index contributed by atoms with van der Waals surface area (Å²) in [5.41, 5.74) is 4.30. The summed E-state index contributed by atoms with van der Waals surface area (Å²) < 4.78 is 0. The second-order valence-corrected chi connectivity index (χ2v) is 6.68. The molecule has 118 valence electrons. The lowest BCUT2D eigenvalue weighted by Gasteiger charge is -2.33. The number of benzene rings is 2. The fraction of sp³-hybridized carbons (Fsp3) is 0.381. The number of rotatable bonds is 2. The van der Waals surface area contributed by atoms with Crippen LogP contribution in [0, 0.1) is 6.92 Å². The van der Waals surface area contributed by atoms with Crippen LogP contribution in [0.1, 0.15) is 54.5 Å². The van der Waals surface area contributed by atoms with Gasteiger partial charge in [-0.25, -0.2) is 0 Å². The number of likely N-dealkylation sites (tertiary alicyclic amines) is 1. The van der Waals surface area contributed by atoms with E-state index >= 15 is 0 Å². The Morgan fingerprint density at radius 1 is 0.913 bits per heavy atom. The van der Waals surface area contributed by atoms with Crippen molar-refractivity contribution in [2.45, 2.75) is 44.7 Å². The van der Waals surface area contributed by atoms with E-state index in [0.29, 0.717) is 12.1 Å². The van der Waals surface area contributed by atoms with Crippen molar-refractivity contribution in [2.24, 2.45) is 4.99 Å². The minimum atomic E-state index is 0.470. The molecule has 0 bridgehead atoms. The summed E-state index contributed by atoms with van der Waals surface area (Å²) in [5.74, 6) is 1.32. The van der Waals surface area contributed by atoms with E-state index < -0.39 is 0 Å². The molecular weight excluding hydrogens is 280 g/mol. The van der Waals surface area contributed by atoms with Gasteiger partial charge in [-0.1, -0.05) is 54.6 Å². The van der Waals surface area contributed by atoms with Gasteiger partial charge >= 0.3 is 0 Å². The maximum atomic E-state index is 4.84. The average molecular weight is 304 g/mol. The number of amidine groups is 1. The first-order chi connectivity index (χ1) is 11.3. The molecule has 2 nitrogen and oxygen atoms in total. The van der Waals surface area contributed by atoms with Crippen molar-refractivity contribution in [3.05, 3.63) is 71.3 Å². The first kappa shape index (κ1) is 14.5. The molecular formula is C21H24N2. The normalized spacial score (nSPS) is 24.0. The minimum Gasteiger partial charge on any atom is -0.346 e. The van der Waals surface area contributed by atoms with Gasteiger partial charge in [0.2, 0.25) is 0 Å². The van der Waals surface area contributed by atoms with Crippen LogP contribution in [0.4, 0.5) is 0 Å². The average Bonchev–Trinajstić information content (AvgIpc) is 3.25. The van der Waals surface area contributed by atoms with Gasteiger partial charge in [0, 0.05) is 13.0 Å². The first-order valence-corrected chi connectivity index (χ1v) is 8.77. The number of aryl methyl sites for hydroxylation is 1. The summed E-state index contributed by atoms with van der Waals surface area (Å²) in [4.78, 5) is 7.47. The number of aliphatic imine (C=N–C) groups is 1. The van der Waals surface area contributed by atoms with Crippen molar-refractivity contribution in [3.63, 3.8) is 0 Å². The van der Waals surface area contributed by atoms with E-state index in [9.17, 15) is 0 Å². The van der Waals surface area contributed by atoms with Crippen LogP contribution in [-0.4, -0.2) is 17.3 Å². The fourth-order valence-electron chi connectivity index (χ4n) is 4.17. The Balaban J connectivity index is 1.74. The molecule has 0 aliphatic carbocycles. The second kappa shape index (κ2) is 6.19. The van der Waals surface area contributed by atoms with Gasteiger partial charge < -0.3 is 4.90 Å². The van der Waals surface area contributed by atoms with Crippen molar-refractivity contribution < 1.29 is 0 Å². The van der Waals surface area contributed by atoms with Crippen molar-refractivity contribution in [2.75, 3.05) is 6.54 Å². The molecule has 0 N–H and O–H groups in total. The van der Waals surface area contributed by atoms with Crippen molar-refractivity contribution in [1.29, 1.82) is 0 Å². The molecule has 0 amide bonds. The lowest BCUT2D eigenvalue weighted by atomic mass is 9.99. The van der Waals surface area contributed by atoms with Gasteiger partial charge in [-0.3, -0.25) is 4.99 Å². The Morgan fingerprint density at radius 3 is 2.39 bits per heavy atom. The molecule has 2 heterocycles.